The summed E-state index contributed by atoms with van der Waals surface area (Å²) in [7, 11) is 0. The highest BCUT2D eigenvalue weighted by molar-refractivity contribution is 5.88. The Morgan fingerprint density at radius 1 is 1.00 bits per heavy atom. The minimum atomic E-state index is -0.329. The van der Waals surface area contributed by atoms with Crippen molar-refractivity contribution in [1.29, 1.82) is 0 Å². The van der Waals surface area contributed by atoms with Gasteiger partial charge in [0, 0.05) is 17.1 Å². The van der Waals surface area contributed by atoms with E-state index in [-0.39, 0.29) is 5.63 Å². The molecule has 0 aliphatic heterocycles. The molecule has 0 fully saturated rings. The van der Waals surface area contributed by atoms with Gasteiger partial charge in [-0.3, -0.25) is 0 Å². The normalized spacial score (nSPS) is 10.9. The van der Waals surface area contributed by atoms with Crippen molar-refractivity contribution in [3.8, 4) is 11.1 Å². The lowest BCUT2D eigenvalue weighted by Crippen LogP contribution is -2.06. The van der Waals surface area contributed by atoms with E-state index in [1.54, 1.807) is 6.07 Å². The van der Waals surface area contributed by atoms with Gasteiger partial charge in [-0.2, -0.15) is 0 Å². The van der Waals surface area contributed by atoms with E-state index in [9.17, 15) is 4.79 Å². The van der Waals surface area contributed by atoms with Crippen molar-refractivity contribution >= 4 is 16.7 Å². The molecule has 0 unspecified atom stereocenters. The zero-order valence-corrected chi connectivity index (χ0v) is 11.4. The van der Waals surface area contributed by atoms with E-state index >= 15 is 0 Å². The Morgan fingerprint density at radius 3 is 2.40 bits per heavy atom. The molecule has 0 spiro atoms. The Labute approximate surface area is 116 Å². The van der Waals surface area contributed by atoms with Gasteiger partial charge in [-0.25, -0.2) is 4.79 Å². The lowest BCUT2D eigenvalue weighted by molar-refractivity contribution is 0.562. The van der Waals surface area contributed by atoms with Crippen molar-refractivity contribution in [2.24, 2.45) is 0 Å². The van der Waals surface area contributed by atoms with E-state index in [0.717, 1.165) is 22.1 Å². The van der Waals surface area contributed by atoms with E-state index in [1.807, 2.05) is 50.2 Å². The van der Waals surface area contributed by atoms with Crippen LogP contribution >= 0.6 is 0 Å². The number of hydrogen-bond acceptors (Lipinski definition) is 3. The van der Waals surface area contributed by atoms with Gasteiger partial charge >= 0.3 is 5.63 Å². The molecule has 0 saturated heterocycles. The van der Waals surface area contributed by atoms with Gasteiger partial charge < -0.3 is 10.2 Å². The number of hydrogen-bond donors (Lipinski definition) is 1. The van der Waals surface area contributed by atoms with E-state index in [2.05, 4.69) is 0 Å². The van der Waals surface area contributed by atoms with Crippen LogP contribution in [0.5, 0.6) is 0 Å². The average molecular weight is 265 g/mol. The van der Waals surface area contributed by atoms with Crippen molar-refractivity contribution in [2.75, 3.05) is 5.73 Å². The van der Waals surface area contributed by atoms with Crippen molar-refractivity contribution in [1.82, 2.24) is 0 Å². The molecule has 2 aromatic carbocycles. The second kappa shape index (κ2) is 4.53. The minimum absolute atomic E-state index is 0.329. The summed E-state index contributed by atoms with van der Waals surface area (Å²) in [5.74, 6) is 0. The van der Waals surface area contributed by atoms with Crippen LogP contribution in [0, 0.1) is 13.8 Å². The van der Waals surface area contributed by atoms with Gasteiger partial charge in [-0.15, -0.1) is 0 Å². The number of anilines is 1. The first-order valence-corrected chi connectivity index (χ1v) is 6.46. The topological polar surface area (TPSA) is 56.2 Å². The molecule has 3 aromatic rings. The maximum absolute atomic E-state index is 12.2. The molecule has 0 saturated carbocycles. The van der Waals surface area contributed by atoms with Gasteiger partial charge in [0.2, 0.25) is 0 Å². The van der Waals surface area contributed by atoms with Gasteiger partial charge in [0.05, 0.1) is 5.56 Å². The zero-order chi connectivity index (χ0) is 14.3. The number of nitrogen functional groups attached to an aromatic ring is 1. The van der Waals surface area contributed by atoms with Crippen LogP contribution in [0.2, 0.25) is 0 Å². The Kier molecular flexibility index (Phi) is 2.83. The Bertz CT molecular complexity index is 845. The van der Waals surface area contributed by atoms with Crippen LogP contribution in [-0.4, -0.2) is 0 Å². The van der Waals surface area contributed by atoms with E-state index in [1.165, 1.54) is 0 Å². The molecular formula is C17H15NO2. The second-order valence-corrected chi connectivity index (χ2v) is 5.01. The quantitative estimate of drug-likeness (QED) is 0.539. The molecule has 3 nitrogen and oxygen atoms in total. The van der Waals surface area contributed by atoms with Gasteiger partial charge in [0.25, 0.3) is 0 Å². The summed E-state index contributed by atoms with van der Waals surface area (Å²) in [4.78, 5) is 12.2. The molecule has 0 aliphatic rings. The van der Waals surface area contributed by atoms with Gasteiger partial charge in [-0.05, 0) is 37.1 Å². The average Bonchev–Trinajstić information content (AvgIpc) is 2.40. The molecule has 1 heterocycles. The molecule has 100 valence electrons. The molecule has 2 N–H and O–H groups in total. The van der Waals surface area contributed by atoms with Crippen LogP contribution in [0.15, 0.2) is 51.7 Å². The maximum atomic E-state index is 12.2. The fourth-order valence-corrected chi connectivity index (χ4v) is 2.43. The molecular weight excluding hydrogens is 250 g/mol. The molecule has 20 heavy (non-hydrogen) atoms. The van der Waals surface area contributed by atoms with Gasteiger partial charge in [-0.1, -0.05) is 29.8 Å². The summed E-state index contributed by atoms with van der Waals surface area (Å²) in [6.45, 7) is 3.95. The molecule has 1 aromatic heterocycles. The SMILES string of the molecule is Cc1ccc(-c2c(C)c3ccc(N)cc3oc2=O)cc1. The first kappa shape index (κ1) is 12.5. The third kappa shape index (κ3) is 1.97. The summed E-state index contributed by atoms with van der Waals surface area (Å²) in [6.07, 6.45) is 0. The molecule has 0 amide bonds. The van der Waals surface area contributed by atoms with Crippen LogP contribution in [0.4, 0.5) is 5.69 Å². The summed E-state index contributed by atoms with van der Waals surface area (Å²) in [6, 6.07) is 13.2. The standard InChI is InChI=1S/C17H15NO2/c1-10-3-5-12(6-4-10)16-11(2)14-8-7-13(18)9-15(14)20-17(16)19/h3-9H,18H2,1-2H3. The monoisotopic (exact) mass is 265 g/mol. The van der Waals surface area contributed by atoms with Crippen LogP contribution in [0.1, 0.15) is 11.1 Å². The van der Waals surface area contributed by atoms with E-state index in [0.29, 0.717) is 16.8 Å². The van der Waals surface area contributed by atoms with E-state index < -0.39 is 0 Å². The highest BCUT2D eigenvalue weighted by Crippen LogP contribution is 2.27. The van der Waals surface area contributed by atoms with Crippen LogP contribution < -0.4 is 11.4 Å². The first-order valence-electron chi connectivity index (χ1n) is 6.46. The van der Waals surface area contributed by atoms with Crippen molar-refractivity contribution in [3.63, 3.8) is 0 Å². The third-order valence-electron chi connectivity index (χ3n) is 3.53. The predicted octanol–water partition coefficient (Wildman–Crippen LogP) is 3.66. The smallest absolute Gasteiger partial charge is 0.344 e. The number of rotatable bonds is 1. The summed E-state index contributed by atoms with van der Waals surface area (Å²) in [5.41, 5.74) is 10.1. The number of aryl methyl sites for hydroxylation is 2. The highest BCUT2D eigenvalue weighted by atomic mass is 16.4. The first-order chi connectivity index (χ1) is 9.56. The van der Waals surface area contributed by atoms with Crippen molar-refractivity contribution < 1.29 is 4.42 Å². The highest BCUT2D eigenvalue weighted by Gasteiger charge is 2.13. The lowest BCUT2D eigenvalue weighted by Gasteiger charge is -2.08. The fraction of sp³-hybridized carbons (Fsp3) is 0.118. The summed E-state index contributed by atoms with van der Waals surface area (Å²) < 4.78 is 5.40. The second-order valence-electron chi connectivity index (χ2n) is 5.01. The molecule has 0 radical (unpaired) electrons. The van der Waals surface area contributed by atoms with Crippen molar-refractivity contribution in [2.45, 2.75) is 13.8 Å². The molecule has 3 heteroatoms. The summed E-state index contributed by atoms with van der Waals surface area (Å²) in [5, 5.41) is 0.911. The van der Waals surface area contributed by atoms with Crippen LogP contribution in [0.3, 0.4) is 0 Å². The Hall–Kier alpha value is -2.55. The Morgan fingerprint density at radius 2 is 1.70 bits per heavy atom. The van der Waals surface area contributed by atoms with Crippen LogP contribution in [0.25, 0.3) is 22.1 Å². The largest absolute Gasteiger partial charge is 0.422 e. The predicted molar refractivity (Wildman–Crippen MR) is 81.8 cm³/mol. The van der Waals surface area contributed by atoms with Crippen molar-refractivity contribution in [3.05, 3.63) is 64.0 Å². The molecule has 0 atom stereocenters. The summed E-state index contributed by atoms with van der Waals surface area (Å²) >= 11 is 0. The molecule has 0 aliphatic carbocycles. The molecule has 0 bridgehead atoms. The maximum Gasteiger partial charge on any atom is 0.344 e. The third-order valence-corrected chi connectivity index (χ3v) is 3.53. The van der Waals surface area contributed by atoms with Gasteiger partial charge in [0.1, 0.15) is 5.58 Å². The number of benzene rings is 2. The minimum Gasteiger partial charge on any atom is -0.422 e. The van der Waals surface area contributed by atoms with Gasteiger partial charge in [0.15, 0.2) is 0 Å². The number of fused-ring (bicyclic) bond motifs is 1. The molecule has 3 rings (SSSR count). The van der Waals surface area contributed by atoms with Crippen LogP contribution in [-0.2, 0) is 0 Å². The Balaban J connectivity index is 2.34. The fourth-order valence-electron chi connectivity index (χ4n) is 2.43. The number of nitrogens with two attached hydrogens (primary N) is 1. The zero-order valence-electron chi connectivity index (χ0n) is 11.4. The lowest BCUT2D eigenvalue weighted by atomic mass is 9.99. The van der Waals surface area contributed by atoms with E-state index in [4.69, 9.17) is 10.2 Å².